The fourth-order valence-electron chi connectivity index (χ4n) is 4.54. The summed E-state index contributed by atoms with van der Waals surface area (Å²) in [6, 6.07) is 17.2. The first-order valence-corrected chi connectivity index (χ1v) is 14.1. The van der Waals surface area contributed by atoms with Crippen LogP contribution in [0.3, 0.4) is 0 Å². The molecule has 5 rings (SSSR count). The smallest absolute Gasteiger partial charge is 0.216 e. The fourth-order valence-corrected chi connectivity index (χ4v) is 6.16. The summed E-state index contributed by atoms with van der Waals surface area (Å²) in [5.41, 5.74) is 4.89. The zero-order valence-corrected chi connectivity index (χ0v) is 22.6. The predicted octanol–water partition coefficient (Wildman–Crippen LogP) is 5.54. The van der Waals surface area contributed by atoms with Gasteiger partial charge in [-0.15, -0.1) is 0 Å². The molecular weight excluding hydrogens is 517 g/mol. The second-order valence-corrected chi connectivity index (χ2v) is 12.5. The molecule has 7 nitrogen and oxygen atoms in total. The van der Waals surface area contributed by atoms with Crippen LogP contribution in [-0.2, 0) is 10.0 Å². The molecule has 1 aliphatic rings. The first kappa shape index (κ1) is 25.0. The van der Waals surface area contributed by atoms with Crippen molar-refractivity contribution in [2.24, 2.45) is 0 Å². The number of sulfonamides is 1. The third-order valence-corrected chi connectivity index (χ3v) is 9.34. The van der Waals surface area contributed by atoms with E-state index in [-0.39, 0.29) is 0 Å². The summed E-state index contributed by atoms with van der Waals surface area (Å²) >= 11 is 12.8. The first-order valence-electron chi connectivity index (χ1n) is 11.8. The molecule has 2 aromatic heterocycles. The number of halogens is 2. The zero-order chi connectivity index (χ0) is 25.6. The number of aryl methyl sites for hydroxylation is 1. The van der Waals surface area contributed by atoms with Crippen molar-refractivity contribution in [2.45, 2.75) is 26.0 Å². The lowest BCUT2D eigenvalue weighted by molar-refractivity contribution is 0.379. The normalized spacial score (nSPS) is 15.2. The number of rotatable bonds is 5. The Morgan fingerprint density at radius 2 is 1.61 bits per heavy atom. The lowest BCUT2D eigenvalue weighted by atomic mass is 10.0. The Balaban J connectivity index is 1.65. The third-order valence-electron chi connectivity index (χ3n) is 6.48. The largest absolute Gasteiger partial charge is 0.354 e. The molecular formula is C26H27Cl2N5O2S. The maximum absolute atomic E-state index is 12.7. The SMILES string of the molecule is Cc1cc(N2CCN(S(=O)(=O)C(C)C)CC2)n2nc(-c3ccccc3Cl)c(-c3ccc(Cl)cc3)c2n1. The summed E-state index contributed by atoms with van der Waals surface area (Å²) in [6.45, 7) is 7.35. The van der Waals surface area contributed by atoms with E-state index < -0.39 is 15.3 Å². The monoisotopic (exact) mass is 543 g/mol. The molecule has 0 saturated carbocycles. The first-order chi connectivity index (χ1) is 17.2. The van der Waals surface area contributed by atoms with Gasteiger partial charge in [-0.25, -0.2) is 13.4 Å². The average Bonchev–Trinajstić information content (AvgIpc) is 3.23. The van der Waals surface area contributed by atoms with E-state index in [2.05, 4.69) is 4.90 Å². The molecule has 0 spiro atoms. The number of benzene rings is 2. The number of aromatic nitrogens is 3. The quantitative estimate of drug-likeness (QED) is 0.330. The van der Waals surface area contributed by atoms with Gasteiger partial charge in [-0.3, -0.25) is 0 Å². The van der Waals surface area contributed by atoms with E-state index in [1.54, 1.807) is 18.2 Å². The van der Waals surface area contributed by atoms with Crippen molar-refractivity contribution in [1.29, 1.82) is 0 Å². The second kappa shape index (κ2) is 9.67. The summed E-state index contributed by atoms with van der Waals surface area (Å²) in [6.07, 6.45) is 0. The van der Waals surface area contributed by atoms with Crippen molar-refractivity contribution >= 4 is 44.7 Å². The van der Waals surface area contributed by atoms with E-state index in [0.717, 1.165) is 33.9 Å². The van der Waals surface area contributed by atoms with Crippen molar-refractivity contribution in [2.75, 3.05) is 31.1 Å². The Kier molecular flexibility index (Phi) is 6.72. The minimum atomic E-state index is -3.29. The fraction of sp³-hybridized carbons (Fsp3) is 0.308. The summed E-state index contributed by atoms with van der Waals surface area (Å²) in [5, 5.41) is 5.82. The lowest BCUT2D eigenvalue weighted by Gasteiger charge is -2.36. The van der Waals surface area contributed by atoms with Crippen LogP contribution in [0.25, 0.3) is 28.0 Å². The van der Waals surface area contributed by atoms with Crippen LogP contribution in [-0.4, -0.2) is 58.8 Å². The highest BCUT2D eigenvalue weighted by atomic mass is 35.5. The maximum Gasteiger partial charge on any atom is 0.216 e. The molecule has 188 valence electrons. The number of anilines is 1. The van der Waals surface area contributed by atoms with Crippen LogP contribution in [0.2, 0.25) is 10.0 Å². The van der Waals surface area contributed by atoms with Gasteiger partial charge in [0.15, 0.2) is 5.65 Å². The standard InChI is InChI=1S/C26H27Cl2N5O2S/c1-17(2)36(34,35)32-14-12-31(13-15-32)23-16-18(3)29-26-24(19-8-10-20(27)11-9-19)25(30-33(23)26)21-6-4-5-7-22(21)28/h4-11,16-17H,12-15H2,1-3H3. The van der Waals surface area contributed by atoms with Crippen LogP contribution in [0.1, 0.15) is 19.5 Å². The minimum Gasteiger partial charge on any atom is -0.354 e. The average molecular weight is 545 g/mol. The van der Waals surface area contributed by atoms with Gasteiger partial charge in [0, 0.05) is 48.5 Å². The molecule has 0 aliphatic carbocycles. The topological polar surface area (TPSA) is 70.8 Å². The molecule has 1 aliphatic heterocycles. The van der Waals surface area contributed by atoms with E-state index in [1.807, 2.05) is 66.0 Å². The summed E-state index contributed by atoms with van der Waals surface area (Å²) in [5.74, 6) is 0.868. The Morgan fingerprint density at radius 3 is 2.25 bits per heavy atom. The van der Waals surface area contributed by atoms with Gasteiger partial charge in [-0.1, -0.05) is 53.5 Å². The molecule has 3 heterocycles. The highest BCUT2D eigenvalue weighted by Crippen LogP contribution is 2.39. The molecule has 0 radical (unpaired) electrons. The van der Waals surface area contributed by atoms with Gasteiger partial charge in [-0.05, 0) is 44.5 Å². The molecule has 0 N–H and O–H groups in total. The van der Waals surface area contributed by atoms with Crippen LogP contribution >= 0.6 is 23.2 Å². The lowest BCUT2D eigenvalue weighted by Crippen LogP contribution is -2.50. The summed E-state index contributed by atoms with van der Waals surface area (Å²) in [7, 11) is -3.29. The molecule has 0 amide bonds. The summed E-state index contributed by atoms with van der Waals surface area (Å²) in [4.78, 5) is 7.04. The van der Waals surface area contributed by atoms with Crippen LogP contribution in [0.15, 0.2) is 54.6 Å². The van der Waals surface area contributed by atoms with Gasteiger partial charge in [0.25, 0.3) is 0 Å². The second-order valence-electron chi connectivity index (χ2n) is 9.18. The van der Waals surface area contributed by atoms with Gasteiger partial charge in [-0.2, -0.15) is 13.9 Å². The minimum absolute atomic E-state index is 0.423. The van der Waals surface area contributed by atoms with Crippen molar-refractivity contribution in [1.82, 2.24) is 18.9 Å². The van der Waals surface area contributed by atoms with Crippen LogP contribution in [0, 0.1) is 6.92 Å². The van der Waals surface area contributed by atoms with Gasteiger partial charge >= 0.3 is 0 Å². The number of nitrogens with zero attached hydrogens (tertiary/aromatic N) is 5. The predicted molar refractivity (Wildman–Crippen MR) is 146 cm³/mol. The molecule has 1 fully saturated rings. The van der Waals surface area contributed by atoms with Gasteiger partial charge in [0.2, 0.25) is 10.0 Å². The Morgan fingerprint density at radius 1 is 0.944 bits per heavy atom. The van der Waals surface area contributed by atoms with Crippen molar-refractivity contribution in [3.8, 4) is 22.4 Å². The molecule has 2 aromatic carbocycles. The van der Waals surface area contributed by atoms with Gasteiger partial charge in [0.1, 0.15) is 11.5 Å². The van der Waals surface area contributed by atoms with E-state index in [9.17, 15) is 8.42 Å². The Hall–Kier alpha value is -2.65. The van der Waals surface area contributed by atoms with Crippen LogP contribution in [0.5, 0.6) is 0 Å². The number of piperazine rings is 1. The summed E-state index contributed by atoms with van der Waals surface area (Å²) < 4.78 is 28.8. The molecule has 1 saturated heterocycles. The van der Waals surface area contributed by atoms with E-state index in [4.69, 9.17) is 33.3 Å². The number of hydrogen-bond acceptors (Lipinski definition) is 5. The Labute approximate surface area is 221 Å². The van der Waals surface area contributed by atoms with Gasteiger partial charge < -0.3 is 4.90 Å². The van der Waals surface area contributed by atoms with Crippen LogP contribution in [0.4, 0.5) is 5.82 Å². The van der Waals surface area contributed by atoms with Crippen molar-refractivity contribution in [3.63, 3.8) is 0 Å². The molecule has 10 heteroatoms. The van der Waals surface area contributed by atoms with Gasteiger partial charge in [0.05, 0.1) is 15.8 Å². The molecule has 0 unspecified atom stereocenters. The number of fused-ring (bicyclic) bond motifs is 1. The Bertz CT molecular complexity index is 1530. The highest BCUT2D eigenvalue weighted by Gasteiger charge is 2.31. The third kappa shape index (κ3) is 4.47. The molecule has 4 aromatic rings. The van der Waals surface area contributed by atoms with Crippen LogP contribution < -0.4 is 4.90 Å². The van der Waals surface area contributed by atoms with E-state index in [1.165, 1.54) is 0 Å². The van der Waals surface area contributed by atoms with E-state index >= 15 is 0 Å². The maximum atomic E-state index is 12.7. The van der Waals surface area contributed by atoms with Crippen molar-refractivity contribution < 1.29 is 8.42 Å². The highest BCUT2D eigenvalue weighted by molar-refractivity contribution is 7.89. The molecule has 36 heavy (non-hydrogen) atoms. The van der Waals surface area contributed by atoms with E-state index in [0.29, 0.717) is 41.9 Å². The molecule has 0 bridgehead atoms. The zero-order valence-electron chi connectivity index (χ0n) is 20.3. The molecule has 0 atom stereocenters. The number of hydrogen-bond donors (Lipinski definition) is 0. The van der Waals surface area contributed by atoms with Crippen molar-refractivity contribution in [3.05, 3.63) is 70.3 Å².